The molecule has 2 aromatic heterocycles. The zero-order valence-corrected chi connectivity index (χ0v) is 23.5. The van der Waals surface area contributed by atoms with E-state index in [-0.39, 0.29) is 17.8 Å². The summed E-state index contributed by atoms with van der Waals surface area (Å²) in [5.41, 5.74) is 5.80. The van der Waals surface area contributed by atoms with Gasteiger partial charge in [-0.05, 0) is 92.3 Å². The van der Waals surface area contributed by atoms with Crippen LogP contribution >= 0.6 is 12.2 Å². The Kier molecular flexibility index (Phi) is 6.96. The minimum absolute atomic E-state index is 0.200. The molecule has 0 amide bonds. The predicted octanol–water partition coefficient (Wildman–Crippen LogP) is 4.75. The lowest BCUT2D eigenvalue weighted by atomic mass is 9.96. The number of methoxy groups -OCH3 is 1. The Morgan fingerprint density at radius 2 is 1.77 bits per heavy atom. The number of phenols is 1. The Bertz CT molecular complexity index is 1640. The van der Waals surface area contributed by atoms with Crippen LogP contribution in [0.3, 0.4) is 0 Å². The summed E-state index contributed by atoms with van der Waals surface area (Å²) in [7, 11) is -2.07. The minimum atomic E-state index is -3.55. The third-order valence-electron chi connectivity index (χ3n) is 6.75. The SMILES string of the molecule is COc1ccc(N2C(=S)N[C@@H](c3ccccn3)[C@H]2c2cc(C)n(-c3ccc(O)cc3)c2C)cc1NS(C)(=O)=O. The third kappa shape index (κ3) is 5.15. The number of hydrogen-bond acceptors (Lipinski definition) is 6. The van der Waals surface area contributed by atoms with Gasteiger partial charge in [0.15, 0.2) is 5.11 Å². The van der Waals surface area contributed by atoms with E-state index < -0.39 is 10.0 Å². The van der Waals surface area contributed by atoms with Gasteiger partial charge in [0.25, 0.3) is 0 Å². The third-order valence-corrected chi connectivity index (χ3v) is 7.66. The number of aromatic nitrogens is 2. The first-order valence-corrected chi connectivity index (χ1v) is 14.5. The van der Waals surface area contributed by atoms with Crippen molar-refractivity contribution in [2.75, 3.05) is 23.0 Å². The second-order valence-electron chi connectivity index (χ2n) is 9.43. The Labute approximate surface area is 233 Å². The van der Waals surface area contributed by atoms with Crippen LogP contribution in [-0.4, -0.2) is 41.6 Å². The van der Waals surface area contributed by atoms with Crippen molar-refractivity contribution >= 4 is 38.7 Å². The van der Waals surface area contributed by atoms with Crippen molar-refractivity contribution in [1.82, 2.24) is 14.9 Å². The summed E-state index contributed by atoms with van der Waals surface area (Å²) in [5.74, 6) is 0.594. The summed E-state index contributed by atoms with van der Waals surface area (Å²) in [6.45, 7) is 4.08. The maximum atomic E-state index is 12.1. The summed E-state index contributed by atoms with van der Waals surface area (Å²) in [5, 5.41) is 13.7. The molecule has 202 valence electrons. The fourth-order valence-corrected chi connectivity index (χ4v) is 6.07. The number of nitrogens with one attached hydrogen (secondary N) is 2. The van der Waals surface area contributed by atoms with E-state index in [0.29, 0.717) is 22.2 Å². The molecule has 0 spiro atoms. The van der Waals surface area contributed by atoms with Gasteiger partial charge < -0.3 is 24.6 Å². The van der Waals surface area contributed by atoms with Gasteiger partial charge >= 0.3 is 0 Å². The smallest absolute Gasteiger partial charge is 0.229 e. The number of aromatic hydroxyl groups is 1. The van der Waals surface area contributed by atoms with Crippen molar-refractivity contribution in [3.8, 4) is 17.2 Å². The zero-order valence-electron chi connectivity index (χ0n) is 21.9. The number of thiocarbonyl (C=S) groups is 1. The van der Waals surface area contributed by atoms with Gasteiger partial charge in [0.05, 0.1) is 36.8 Å². The van der Waals surface area contributed by atoms with Crippen molar-refractivity contribution < 1.29 is 18.3 Å². The molecule has 39 heavy (non-hydrogen) atoms. The van der Waals surface area contributed by atoms with Crippen molar-refractivity contribution in [3.05, 3.63) is 95.6 Å². The van der Waals surface area contributed by atoms with Crippen LogP contribution in [0.1, 0.15) is 34.7 Å². The Balaban J connectivity index is 1.68. The molecular weight excluding hydrogens is 534 g/mol. The van der Waals surface area contributed by atoms with Crippen molar-refractivity contribution in [3.63, 3.8) is 0 Å². The van der Waals surface area contributed by atoms with Gasteiger partial charge in [-0.15, -0.1) is 0 Å². The topological polar surface area (TPSA) is 109 Å². The molecule has 0 saturated carbocycles. The molecule has 1 aliphatic rings. The van der Waals surface area contributed by atoms with Crippen LogP contribution in [0.2, 0.25) is 0 Å². The van der Waals surface area contributed by atoms with Gasteiger partial charge in [0, 0.05) is 29.0 Å². The van der Waals surface area contributed by atoms with Crippen molar-refractivity contribution in [2.45, 2.75) is 25.9 Å². The van der Waals surface area contributed by atoms with E-state index in [1.165, 1.54) is 7.11 Å². The predicted molar refractivity (Wildman–Crippen MR) is 156 cm³/mol. The van der Waals surface area contributed by atoms with Gasteiger partial charge in [0.2, 0.25) is 10.0 Å². The molecule has 4 aromatic rings. The Hall–Kier alpha value is -4.09. The lowest BCUT2D eigenvalue weighted by molar-refractivity contribution is 0.417. The lowest BCUT2D eigenvalue weighted by Gasteiger charge is -2.29. The highest BCUT2D eigenvalue weighted by atomic mass is 32.2. The molecule has 1 saturated heterocycles. The maximum Gasteiger partial charge on any atom is 0.229 e. The summed E-state index contributed by atoms with van der Waals surface area (Å²) in [6.07, 6.45) is 2.85. The molecule has 0 radical (unpaired) electrons. The van der Waals surface area contributed by atoms with Gasteiger partial charge in [-0.25, -0.2) is 8.42 Å². The molecule has 0 unspecified atom stereocenters. The van der Waals surface area contributed by atoms with Crippen LogP contribution in [0.5, 0.6) is 11.5 Å². The Morgan fingerprint density at radius 1 is 1.05 bits per heavy atom. The molecule has 3 N–H and O–H groups in total. The monoisotopic (exact) mass is 563 g/mol. The molecule has 1 aliphatic heterocycles. The summed E-state index contributed by atoms with van der Waals surface area (Å²) >= 11 is 5.86. The molecule has 2 aromatic carbocycles. The normalized spacial score (nSPS) is 17.2. The quantitative estimate of drug-likeness (QED) is 0.277. The number of anilines is 2. The molecule has 5 rings (SSSR count). The highest BCUT2D eigenvalue weighted by Gasteiger charge is 2.42. The van der Waals surface area contributed by atoms with E-state index in [4.69, 9.17) is 17.0 Å². The van der Waals surface area contributed by atoms with Gasteiger partial charge in [-0.2, -0.15) is 0 Å². The van der Waals surface area contributed by atoms with E-state index in [0.717, 1.165) is 34.6 Å². The number of benzene rings is 2. The molecule has 0 bridgehead atoms. The molecule has 3 heterocycles. The van der Waals surface area contributed by atoms with Gasteiger partial charge in [-0.1, -0.05) is 6.07 Å². The number of ether oxygens (including phenoxy) is 1. The first kappa shape index (κ1) is 26.5. The number of pyridine rings is 1. The number of sulfonamides is 1. The van der Waals surface area contributed by atoms with Crippen LogP contribution in [0.15, 0.2) is 72.9 Å². The lowest BCUT2D eigenvalue weighted by Crippen LogP contribution is -2.29. The highest BCUT2D eigenvalue weighted by Crippen LogP contribution is 2.45. The van der Waals surface area contributed by atoms with E-state index >= 15 is 0 Å². The summed E-state index contributed by atoms with van der Waals surface area (Å²) < 4.78 is 34.3. The second kappa shape index (κ2) is 10.2. The molecule has 2 atom stereocenters. The maximum absolute atomic E-state index is 12.1. The average Bonchev–Trinajstić information content (AvgIpc) is 3.39. The van der Waals surface area contributed by atoms with Crippen LogP contribution in [0.4, 0.5) is 11.4 Å². The van der Waals surface area contributed by atoms with Crippen molar-refractivity contribution in [1.29, 1.82) is 0 Å². The van der Waals surface area contributed by atoms with Crippen LogP contribution in [0, 0.1) is 13.8 Å². The number of nitrogens with zero attached hydrogens (tertiary/aromatic N) is 3. The van der Waals surface area contributed by atoms with E-state index in [1.807, 2.05) is 48.2 Å². The van der Waals surface area contributed by atoms with Gasteiger partial charge in [0.1, 0.15) is 11.5 Å². The minimum Gasteiger partial charge on any atom is -0.508 e. The van der Waals surface area contributed by atoms with Crippen LogP contribution < -0.4 is 19.7 Å². The number of hydrogen-bond donors (Lipinski definition) is 3. The standard InChI is InChI=1S/C28H29N5O4S2/c1-17-15-22(18(2)32(17)19-8-11-21(34)12-9-19)27-26(23-7-5-6-14-29-23)30-28(38)33(27)20-10-13-25(37-3)24(16-20)31-39(4,35)36/h5-16,26-27,31,34H,1-4H3,(H,30,38)/t26-,27+/m0/s1. The molecule has 1 fully saturated rings. The summed E-state index contributed by atoms with van der Waals surface area (Å²) in [4.78, 5) is 6.61. The van der Waals surface area contributed by atoms with Gasteiger partial charge in [-0.3, -0.25) is 9.71 Å². The first-order valence-electron chi connectivity index (χ1n) is 12.2. The van der Waals surface area contributed by atoms with Crippen molar-refractivity contribution in [2.24, 2.45) is 0 Å². The highest BCUT2D eigenvalue weighted by molar-refractivity contribution is 7.92. The van der Waals surface area contributed by atoms with E-state index in [2.05, 4.69) is 32.6 Å². The zero-order chi connectivity index (χ0) is 27.9. The van der Waals surface area contributed by atoms with E-state index in [1.54, 1.807) is 30.5 Å². The number of phenolic OH excluding ortho intramolecular Hbond substituents is 1. The first-order chi connectivity index (χ1) is 18.6. The summed E-state index contributed by atoms with van der Waals surface area (Å²) in [6, 6.07) is 19.7. The Morgan fingerprint density at radius 3 is 2.41 bits per heavy atom. The fourth-order valence-electron chi connectivity index (χ4n) is 5.16. The number of aryl methyl sites for hydroxylation is 1. The van der Waals surface area contributed by atoms with Crippen LogP contribution in [-0.2, 0) is 10.0 Å². The molecule has 9 nitrogen and oxygen atoms in total. The average molecular weight is 564 g/mol. The van der Waals surface area contributed by atoms with Crippen LogP contribution in [0.25, 0.3) is 5.69 Å². The molecular formula is C28H29N5O4S2. The van der Waals surface area contributed by atoms with E-state index in [9.17, 15) is 13.5 Å². The second-order valence-corrected chi connectivity index (χ2v) is 11.6. The fraction of sp³-hybridized carbons (Fsp3) is 0.214. The molecule has 0 aliphatic carbocycles. The number of rotatable bonds is 7. The molecule has 11 heteroatoms. The largest absolute Gasteiger partial charge is 0.508 e.